The van der Waals surface area contributed by atoms with Crippen molar-refractivity contribution < 1.29 is 4.79 Å². The number of hydrogen-bond acceptors (Lipinski definition) is 3. The molecule has 0 aromatic carbocycles. The normalized spacial score (nSPS) is 17.9. The zero-order valence-electron chi connectivity index (χ0n) is 12.2. The van der Waals surface area contributed by atoms with Crippen LogP contribution in [0.4, 0.5) is 0 Å². The minimum absolute atomic E-state index is 0.0233. The number of pyridine rings is 1. The first-order chi connectivity index (χ1) is 9.55. The van der Waals surface area contributed by atoms with Crippen molar-refractivity contribution in [1.29, 1.82) is 0 Å². The lowest BCUT2D eigenvalue weighted by Crippen LogP contribution is -2.54. The summed E-state index contributed by atoms with van der Waals surface area (Å²) in [5.41, 5.74) is -0.0452. The van der Waals surface area contributed by atoms with Crippen LogP contribution in [0.3, 0.4) is 0 Å². The Bertz CT molecular complexity index is 516. The van der Waals surface area contributed by atoms with Gasteiger partial charge in [0.1, 0.15) is 5.56 Å². The van der Waals surface area contributed by atoms with Gasteiger partial charge in [-0.3, -0.25) is 9.59 Å². The highest BCUT2D eigenvalue weighted by Crippen LogP contribution is 2.31. The van der Waals surface area contributed by atoms with E-state index in [1.807, 2.05) is 0 Å². The first-order valence-corrected chi connectivity index (χ1v) is 7.18. The van der Waals surface area contributed by atoms with Crippen molar-refractivity contribution >= 4 is 5.91 Å². The molecule has 1 amide bonds. The van der Waals surface area contributed by atoms with Gasteiger partial charge in [0.25, 0.3) is 5.91 Å². The molecule has 0 spiro atoms. The highest BCUT2D eigenvalue weighted by atomic mass is 16.2. The first-order valence-electron chi connectivity index (χ1n) is 7.18. The van der Waals surface area contributed by atoms with E-state index in [2.05, 4.69) is 29.3 Å². The summed E-state index contributed by atoms with van der Waals surface area (Å²) in [6, 6.07) is 1.37. The van der Waals surface area contributed by atoms with Gasteiger partial charge in [-0.2, -0.15) is 0 Å². The monoisotopic (exact) mass is 277 g/mol. The van der Waals surface area contributed by atoms with Gasteiger partial charge in [-0.1, -0.05) is 19.3 Å². The number of nitrogens with one attached hydrogen (secondary N) is 2. The van der Waals surface area contributed by atoms with Gasteiger partial charge in [0, 0.05) is 30.5 Å². The standard InChI is InChI=1S/C15H23N3O2/c1-18(2)15(7-4-3-5-8-15)11-17-14(20)12-10-16-9-6-13(12)19/h6,9-10H,3-5,7-8,11H2,1-2H3,(H,16,19)(H,17,20). The Morgan fingerprint density at radius 2 is 2.05 bits per heavy atom. The molecule has 5 heteroatoms. The van der Waals surface area contributed by atoms with E-state index in [4.69, 9.17) is 0 Å². The van der Waals surface area contributed by atoms with E-state index in [0.29, 0.717) is 6.54 Å². The van der Waals surface area contributed by atoms with Gasteiger partial charge < -0.3 is 15.2 Å². The molecular weight excluding hydrogens is 254 g/mol. The molecule has 5 nitrogen and oxygen atoms in total. The topological polar surface area (TPSA) is 65.2 Å². The van der Waals surface area contributed by atoms with Crippen molar-refractivity contribution in [3.63, 3.8) is 0 Å². The molecule has 0 unspecified atom stereocenters. The van der Waals surface area contributed by atoms with Crippen molar-refractivity contribution in [3.05, 3.63) is 34.2 Å². The molecule has 1 aromatic heterocycles. The van der Waals surface area contributed by atoms with Gasteiger partial charge in [-0.15, -0.1) is 0 Å². The predicted octanol–water partition coefficient (Wildman–Crippen LogP) is 1.37. The highest BCUT2D eigenvalue weighted by Gasteiger charge is 2.34. The van der Waals surface area contributed by atoms with Crippen LogP contribution in [0.5, 0.6) is 0 Å². The quantitative estimate of drug-likeness (QED) is 0.873. The van der Waals surface area contributed by atoms with Crippen molar-refractivity contribution in [2.75, 3.05) is 20.6 Å². The Balaban J connectivity index is 2.05. The largest absolute Gasteiger partial charge is 0.367 e. The summed E-state index contributed by atoms with van der Waals surface area (Å²) in [6.45, 7) is 0.590. The molecule has 0 atom stereocenters. The molecule has 1 heterocycles. The Morgan fingerprint density at radius 3 is 2.65 bits per heavy atom. The number of aromatic nitrogens is 1. The number of aromatic amines is 1. The number of likely N-dealkylation sites (N-methyl/N-ethyl adjacent to an activating group) is 1. The molecule has 0 aliphatic heterocycles. The Labute approximate surface area is 119 Å². The highest BCUT2D eigenvalue weighted by molar-refractivity contribution is 5.93. The van der Waals surface area contributed by atoms with Gasteiger partial charge in [0.2, 0.25) is 0 Å². The molecule has 0 radical (unpaired) electrons. The Morgan fingerprint density at radius 1 is 1.35 bits per heavy atom. The molecule has 20 heavy (non-hydrogen) atoms. The molecule has 0 bridgehead atoms. The molecule has 1 aromatic rings. The lowest BCUT2D eigenvalue weighted by atomic mass is 9.80. The minimum Gasteiger partial charge on any atom is -0.367 e. The number of nitrogens with zero attached hydrogens (tertiary/aromatic N) is 1. The summed E-state index contributed by atoms with van der Waals surface area (Å²) in [4.78, 5) is 28.7. The fraction of sp³-hybridized carbons (Fsp3) is 0.600. The average Bonchev–Trinajstić information content (AvgIpc) is 2.46. The fourth-order valence-electron chi connectivity index (χ4n) is 2.93. The number of H-pyrrole nitrogens is 1. The maximum Gasteiger partial charge on any atom is 0.256 e. The maximum absolute atomic E-state index is 12.1. The first kappa shape index (κ1) is 14.8. The SMILES string of the molecule is CN(C)C1(CNC(=O)c2c[nH]ccc2=O)CCCCC1. The second-order valence-electron chi connectivity index (χ2n) is 5.78. The number of hydrogen-bond donors (Lipinski definition) is 2. The van der Waals surface area contributed by atoms with Crippen LogP contribution in [-0.4, -0.2) is 42.0 Å². The minimum atomic E-state index is -0.293. The van der Waals surface area contributed by atoms with Crippen LogP contribution in [0.25, 0.3) is 0 Å². The van der Waals surface area contributed by atoms with Gasteiger partial charge in [-0.05, 0) is 26.9 Å². The number of carbonyl (C=O) groups is 1. The molecular formula is C15H23N3O2. The third kappa shape index (κ3) is 3.10. The van der Waals surface area contributed by atoms with Crippen molar-refractivity contribution in [3.8, 4) is 0 Å². The van der Waals surface area contributed by atoms with E-state index in [1.54, 1.807) is 0 Å². The summed E-state index contributed by atoms with van der Waals surface area (Å²) < 4.78 is 0. The summed E-state index contributed by atoms with van der Waals surface area (Å²) in [5, 5.41) is 2.93. The maximum atomic E-state index is 12.1. The molecule has 2 N–H and O–H groups in total. The smallest absolute Gasteiger partial charge is 0.256 e. The van der Waals surface area contributed by atoms with E-state index in [9.17, 15) is 9.59 Å². The molecule has 2 rings (SSSR count). The van der Waals surface area contributed by atoms with E-state index in [1.165, 1.54) is 37.7 Å². The molecule has 1 saturated carbocycles. The van der Waals surface area contributed by atoms with Gasteiger partial charge in [0.15, 0.2) is 5.43 Å². The van der Waals surface area contributed by atoms with Crippen LogP contribution < -0.4 is 10.7 Å². The van der Waals surface area contributed by atoms with Gasteiger partial charge >= 0.3 is 0 Å². The zero-order valence-corrected chi connectivity index (χ0v) is 12.2. The molecule has 1 fully saturated rings. The van der Waals surface area contributed by atoms with Crippen LogP contribution in [-0.2, 0) is 0 Å². The fourth-order valence-corrected chi connectivity index (χ4v) is 2.93. The van der Waals surface area contributed by atoms with E-state index < -0.39 is 0 Å². The Kier molecular flexibility index (Phi) is 4.60. The second kappa shape index (κ2) is 6.22. The predicted molar refractivity (Wildman–Crippen MR) is 78.9 cm³/mol. The zero-order chi connectivity index (χ0) is 14.6. The van der Waals surface area contributed by atoms with Crippen LogP contribution in [0, 0.1) is 0 Å². The number of rotatable bonds is 4. The molecule has 1 aliphatic carbocycles. The van der Waals surface area contributed by atoms with E-state index in [0.717, 1.165) is 12.8 Å². The third-order valence-electron chi connectivity index (χ3n) is 4.38. The van der Waals surface area contributed by atoms with Crippen LogP contribution in [0.1, 0.15) is 42.5 Å². The second-order valence-corrected chi connectivity index (χ2v) is 5.78. The van der Waals surface area contributed by atoms with Crippen LogP contribution >= 0.6 is 0 Å². The molecule has 1 aliphatic rings. The molecule has 110 valence electrons. The van der Waals surface area contributed by atoms with Crippen molar-refractivity contribution in [2.45, 2.75) is 37.6 Å². The van der Waals surface area contributed by atoms with Crippen molar-refractivity contribution in [2.24, 2.45) is 0 Å². The average molecular weight is 277 g/mol. The van der Waals surface area contributed by atoms with Crippen LogP contribution in [0.15, 0.2) is 23.3 Å². The van der Waals surface area contributed by atoms with E-state index >= 15 is 0 Å². The van der Waals surface area contributed by atoms with E-state index in [-0.39, 0.29) is 22.4 Å². The molecule has 0 saturated heterocycles. The lowest BCUT2D eigenvalue weighted by Gasteiger charge is -2.43. The third-order valence-corrected chi connectivity index (χ3v) is 4.38. The van der Waals surface area contributed by atoms with Gasteiger partial charge in [0.05, 0.1) is 0 Å². The summed E-state index contributed by atoms with van der Waals surface area (Å²) in [6.07, 6.45) is 8.82. The number of carbonyl (C=O) groups excluding carboxylic acids is 1. The van der Waals surface area contributed by atoms with Crippen molar-refractivity contribution in [1.82, 2.24) is 15.2 Å². The summed E-state index contributed by atoms with van der Waals surface area (Å²) in [5.74, 6) is -0.293. The van der Waals surface area contributed by atoms with Gasteiger partial charge in [-0.25, -0.2) is 0 Å². The lowest BCUT2D eigenvalue weighted by molar-refractivity contribution is 0.0798. The number of amides is 1. The Hall–Kier alpha value is -1.62. The van der Waals surface area contributed by atoms with Crippen LogP contribution in [0.2, 0.25) is 0 Å². The summed E-state index contributed by atoms with van der Waals surface area (Å²) in [7, 11) is 4.12. The summed E-state index contributed by atoms with van der Waals surface area (Å²) >= 11 is 0.